The van der Waals surface area contributed by atoms with E-state index in [1.807, 2.05) is 30.1 Å². The van der Waals surface area contributed by atoms with Gasteiger partial charge in [-0.25, -0.2) is 0 Å². The van der Waals surface area contributed by atoms with E-state index in [1.54, 1.807) is 0 Å². The van der Waals surface area contributed by atoms with Crippen LogP contribution in [0.2, 0.25) is 0 Å². The van der Waals surface area contributed by atoms with Crippen molar-refractivity contribution in [2.45, 2.75) is 44.4 Å². The van der Waals surface area contributed by atoms with Crippen LogP contribution in [-0.2, 0) is 6.54 Å². The molecule has 144 valence electrons. The first kappa shape index (κ1) is 19.5. The third-order valence-electron chi connectivity index (χ3n) is 5.00. The van der Waals surface area contributed by atoms with Crippen LogP contribution < -0.4 is 10.6 Å². The average Bonchev–Trinajstić information content (AvgIpc) is 3.09. The molecule has 0 radical (unpaired) electrons. The summed E-state index contributed by atoms with van der Waals surface area (Å²) in [5.41, 5.74) is 0.510. The highest BCUT2D eigenvalue weighted by molar-refractivity contribution is 7.99. The van der Waals surface area contributed by atoms with E-state index in [1.165, 1.54) is 0 Å². The molecule has 7 heteroatoms. The van der Waals surface area contributed by atoms with Gasteiger partial charge in [0.05, 0.1) is 17.8 Å². The first-order chi connectivity index (χ1) is 12.7. The van der Waals surface area contributed by atoms with E-state index < -0.39 is 5.60 Å². The molecule has 0 aliphatic carbocycles. The number of nitrogens with zero attached hydrogens (tertiary/aromatic N) is 3. The largest absolute Gasteiger partial charge is 0.387 e. The summed E-state index contributed by atoms with van der Waals surface area (Å²) in [5, 5.41) is 17.4. The van der Waals surface area contributed by atoms with Gasteiger partial charge < -0.3 is 15.7 Å². The molecule has 0 saturated carbocycles. The van der Waals surface area contributed by atoms with Crippen molar-refractivity contribution in [3.63, 3.8) is 0 Å². The zero-order valence-corrected chi connectivity index (χ0v) is 16.5. The van der Waals surface area contributed by atoms with Crippen molar-refractivity contribution >= 4 is 17.7 Å². The Labute approximate surface area is 160 Å². The summed E-state index contributed by atoms with van der Waals surface area (Å²) in [7, 11) is 0. The minimum absolute atomic E-state index is 0.431. The Hall–Kier alpha value is -1.31. The van der Waals surface area contributed by atoms with Crippen LogP contribution in [-0.4, -0.2) is 70.3 Å². The maximum Gasteiger partial charge on any atom is 0.191 e. The van der Waals surface area contributed by atoms with Crippen molar-refractivity contribution < 1.29 is 5.11 Å². The molecular weight excluding hydrogens is 346 g/mol. The SMILES string of the molecule is CCNC(=NCC1(O)CCSC1)NC1CCN(Cc2ccccn2)CC1. The lowest BCUT2D eigenvalue weighted by molar-refractivity contribution is 0.0778. The first-order valence-electron chi connectivity index (χ1n) is 9.64. The lowest BCUT2D eigenvalue weighted by atomic mass is 10.0. The first-order valence-corrected chi connectivity index (χ1v) is 10.8. The maximum atomic E-state index is 10.5. The number of aliphatic imine (C=N–C) groups is 1. The van der Waals surface area contributed by atoms with Crippen LogP contribution in [0.4, 0.5) is 0 Å². The van der Waals surface area contributed by atoms with Gasteiger partial charge in [0.1, 0.15) is 0 Å². The molecular formula is C19H31N5OS. The van der Waals surface area contributed by atoms with E-state index in [-0.39, 0.29) is 0 Å². The molecule has 1 aromatic heterocycles. The van der Waals surface area contributed by atoms with Crippen LogP contribution in [0.3, 0.4) is 0 Å². The van der Waals surface area contributed by atoms with Gasteiger partial charge in [-0.05, 0) is 44.1 Å². The maximum absolute atomic E-state index is 10.5. The molecule has 2 saturated heterocycles. The summed E-state index contributed by atoms with van der Waals surface area (Å²) in [6.45, 7) is 6.44. The fraction of sp³-hybridized carbons (Fsp3) is 0.684. The van der Waals surface area contributed by atoms with Gasteiger partial charge >= 0.3 is 0 Å². The second kappa shape index (κ2) is 9.58. The Bertz CT molecular complexity index is 569. The van der Waals surface area contributed by atoms with Gasteiger partial charge in [0.2, 0.25) is 0 Å². The Balaban J connectivity index is 1.46. The number of nitrogens with one attached hydrogen (secondary N) is 2. The van der Waals surface area contributed by atoms with Crippen molar-refractivity contribution in [1.82, 2.24) is 20.5 Å². The summed E-state index contributed by atoms with van der Waals surface area (Å²) in [4.78, 5) is 11.5. The molecule has 0 amide bonds. The number of guanidine groups is 1. The van der Waals surface area contributed by atoms with Gasteiger partial charge in [-0.15, -0.1) is 0 Å². The van der Waals surface area contributed by atoms with Crippen molar-refractivity contribution in [2.24, 2.45) is 4.99 Å². The molecule has 2 fully saturated rings. The number of rotatable bonds is 6. The molecule has 1 unspecified atom stereocenters. The van der Waals surface area contributed by atoms with E-state index in [0.717, 1.165) is 68.6 Å². The number of piperidine rings is 1. The molecule has 26 heavy (non-hydrogen) atoms. The molecule has 0 bridgehead atoms. The standard InChI is InChI=1S/C19H31N5OS/c1-2-20-18(22-14-19(25)8-12-26-15-19)23-16-6-10-24(11-7-16)13-17-5-3-4-9-21-17/h3-5,9,16,25H,2,6-8,10-15H2,1H3,(H2,20,22,23). The fourth-order valence-electron chi connectivity index (χ4n) is 3.42. The van der Waals surface area contributed by atoms with Gasteiger partial charge in [0.15, 0.2) is 5.96 Å². The number of aromatic nitrogens is 1. The highest BCUT2D eigenvalue weighted by atomic mass is 32.2. The third kappa shape index (κ3) is 5.86. The molecule has 3 N–H and O–H groups in total. The van der Waals surface area contributed by atoms with Crippen molar-refractivity contribution in [2.75, 3.05) is 37.7 Å². The van der Waals surface area contributed by atoms with Gasteiger partial charge in [-0.3, -0.25) is 14.9 Å². The summed E-state index contributed by atoms with van der Waals surface area (Å²) < 4.78 is 0. The third-order valence-corrected chi connectivity index (χ3v) is 6.23. The van der Waals surface area contributed by atoms with Crippen molar-refractivity contribution in [1.29, 1.82) is 0 Å². The number of hydrogen-bond donors (Lipinski definition) is 3. The van der Waals surface area contributed by atoms with E-state index in [0.29, 0.717) is 12.6 Å². The minimum atomic E-state index is -0.626. The van der Waals surface area contributed by atoms with Gasteiger partial charge in [-0.1, -0.05) is 6.07 Å². The summed E-state index contributed by atoms with van der Waals surface area (Å²) in [6.07, 6.45) is 4.89. The van der Waals surface area contributed by atoms with Crippen LogP contribution >= 0.6 is 11.8 Å². The van der Waals surface area contributed by atoms with Crippen LogP contribution in [0, 0.1) is 0 Å². The number of thioether (sulfide) groups is 1. The molecule has 1 aromatic rings. The second-order valence-electron chi connectivity index (χ2n) is 7.24. The minimum Gasteiger partial charge on any atom is -0.387 e. The quantitative estimate of drug-likeness (QED) is 0.515. The smallest absolute Gasteiger partial charge is 0.191 e. The van der Waals surface area contributed by atoms with Crippen molar-refractivity contribution in [3.8, 4) is 0 Å². The highest BCUT2D eigenvalue weighted by Crippen LogP contribution is 2.27. The fourth-order valence-corrected chi connectivity index (χ4v) is 4.70. The molecule has 2 aliphatic heterocycles. The zero-order chi connectivity index (χ0) is 18.2. The lowest BCUT2D eigenvalue weighted by Gasteiger charge is -2.33. The second-order valence-corrected chi connectivity index (χ2v) is 8.34. The summed E-state index contributed by atoms with van der Waals surface area (Å²) in [6, 6.07) is 6.53. The van der Waals surface area contributed by atoms with E-state index in [9.17, 15) is 5.11 Å². The molecule has 1 atom stereocenters. The molecule has 2 aliphatic rings. The van der Waals surface area contributed by atoms with Gasteiger partial charge in [0.25, 0.3) is 0 Å². The van der Waals surface area contributed by atoms with Gasteiger partial charge in [0, 0.05) is 44.2 Å². The Morgan fingerprint density at radius 2 is 2.27 bits per heavy atom. The Kier molecular flexibility index (Phi) is 7.16. The molecule has 3 heterocycles. The highest BCUT2D eigenvalue weighted by Gasteiger charge is 2.31. The van der Waals surface area contributed by atoms with Crippen LogP contribution in [0.5, 0.6) is 0 Å². The number of likely N-dealkylation sites (tertiary alicyclic amines) is 1. The molecule has 3 rings (SSSR count). The van der Waals surface area contributed by atoms with E-state index >= 15 is 0 Å². The number of pyridine rings is 1. The lowest BCUT2D eigenvalue weighted by Crippen LogP contribution is -2.49. The Morgan fingerprint density at radius 1 is 1.42 bits per heavy atom. The topological polar surface area (TPSA) is 72.8 Å². The number of hydrogen-bond acceptors (Lipinski definition) is 5. The van der Waals surface area contributed by atoms with Crippen LogP contribution in [0.15, 0.2) is 29.4 Å². The van der Waals surface area contributed by atoms with E-state index in [4.69, 9.17) is 0 Å². The summed E-state index contributed by atoms with van der Waals surface area (Å²) >= 11 is 1.81. The van der Waals surface area contributed by atoms with E-state index in [2.05, 4.69) is 38.5 Å². The monoisotopic (exact) mass is 377 g/mol. The van der Waals surface area contributed by atoms with Crippen LogP contribution in [0.25, 0.3) is 0 Å². The van der Waals surface area contributed by atoms with Crippen molar-refractivity contribution in [3.05, 3.63) is 30.1 Å². The van der Waals surface area contributed by atoms with Gasteiger partial charge in [-0.2, -0.15) is 11.8 Å². The summed E-state index contributed by atoms with van der Waals surface area (Å²) in [5.74, 6) is 2.66. The number of aliphatic hydroxyl groups is 1. The normalized spacial score (nSPS) is 25.4. The molecule has 0 spiro atoms. The zero-order valence-electron chi connectivity index (χ0n) is 15.7. The average molecular weight is 378 g/mol. The van der Waals surface area contributed by atoms with Crippen LogP contribution in [0.1, 0.15) is 31.9 Å². The molecule has 0 aromatic carbocycles. The predicted molar refractivity (Wildman–Crippen MR) is 109 cm³/mol. The predicted octanol–water partition coefficient (Wildman–Crippen LogP) is 1.47. The Morgan fingerprint density at radius 3 is 2.92 bits per heavy atom. The molecule has 6 nitrogen and oxygen atoms in total.